The Balaban J connectivity index is 2.28. The molecule has 0 fully saturated rings. The number of hydrogen-bond donors (Lipinski definition) is 1. The van der Waals surface area contributed by atoms with Crippen molar-refractivity contribution in [3.8, 4) is 0 Å². The molecule has 0 aliphatic carbocycles. The molecule has 0 saturated heterocycles. The van der Waals surface area contributed by atoms with Crippen LogP contribution in [-0.2, 0) is 4.79 Å². The minimum atomic E-state index is -5.71. The van der Waals surface area contributed by atoms with Crippen LogP contribution in [0.1, 0.15) is 0 Å². The maximum atomic E-state index is 12.4. The normalized spacial score (nSPS) is 12.7. The summed E-state index contributed by atoms with van der Waals surface area (Å²) in [5.74, 6) is -6.22. The van der Waals surface area contributed by atoms with Gasteiger partial charge in [0.2, 0.25) is 11.8 Å². The lowest BCUT2D eigenvalue weighted by atomic mass is 10.1. The first-order chi connectivity index (χ1) is 10.1. The summed E-state index contributed by atoms with van der Waals surface area (Å²) in [7, 11) is 0. The predicted octanol–water partition coefficient (Wildman–Crippen LogP) is 4.52. The average molecular weight is 321 g/mol. The summed E-state index contributed by atoms with van der Waals surface area (Å²) in [6, 6.07) is 10.7. The zero-order valence-electron chi connectivity index (χ0n) is 10.8. The predicted molar refractivity (Wildman–Crippen MR) is 68.2 cm³/mol. The Labute approximate surface area is 120 Å². The maximum Gasteiger partial charge on any atom is 0.409 e. The number of rotatable bonds is 2. The molecule has 0 unspecified atom stereocenters. The Morgan fingerprint density at radius 3 is 1.95 bits per heavy atom. The smallest absolute Gasteiger partial charge is 0.325 e. The minimum absolute atomic E-state index is 0.137. The molecule has 2 aromatic rings. The second kappa shape index (κ2) is 5.51. The van der Waals surface area contributed by atoms with Gasteiger partial charge in [0.15, 0.2) is 0 Å². The lowest BCUT2D eigenvalue weighted by Crippen LogP contribution is -2.45. The van der Waals surface area contributed by atoms with Gasteiger partial charge in [0.05, 0.1) is 0 Å². The monoisotopic (exact) mass is 321 g/mol. The molecular weight excluding hydrogens is 312 g/mol. The van der Waals surface area contributed by atoms with Crippen molar-refractivity contribution in [2.45, 2.75) is 12.4 Å². The van der Waals surface area contributed by atoms with Crippen molar-refractivity contribution in [2.75, 3.05) is 5.32 Å². The van der Waals surface area contributed by atoms with Crippen LogP contribution in [0.2, 0.25) is 0 Å². The molecule has 8 heteroatoms. The fourth-order valence-electron chi connectivity index (χ4n) is 1.96. The molecule has 1 N–H and O–H groups in total. The zero-order chi connectivity index (χ0) is 16.5. The van der Waals surface area contributed by atoms with E-state index in [1.807, 2.05) is 0 Å². The van der Waals surface area contributed by atoms with Crippen LogP contribution < -0.4 is 5.32 Å². The molecule has 0 atom stereocenters. The van der Waals surface area contributed by atoms with Gasteiger partial charge in [0.25, 0.3) is 0 Å². The van der Waals surface area contributed by atoms with Gasteiger partial charge in [0.1, 0.15) is 0 Å². The summed E-state index contributed by atoms with van der Waals surface area (Å²) in [4.78, 5) is 11.4. The first-order valence-electron chi connectivity index (χ1n) is 6.02. The molecule has 0 aliphatic heterocycles. The Kier molecular flexibility index (Phi) is 4.04. The summed E-state index contributed by atoms with van der Waals surface area (Å²) >= 11 is 0. The first-order valence-corrected chi connectivity index (χ1v) is 6.02. The van der Waals surface area contributed by atoms with Gasteiger partial charge < -0.3 is 5.32 Å². The summed E-state index contributed by atoms with van der Waals surface area (Å²) in [6.45, 7) is 0. The second-order valence-electron chi connectivity index (χ2n) is 4.57. The van der Waals surface area contributed by atoms with E-state index in [4.69, 9.17) is 0 Å². The molecule has 22 heavy (non-hydrogen) atoms. The molecule has 2 nitrogen and oxygen atoms in total. The molecule has 0 bridgehead atoms. The average Bonchev–Trinajstić information content (AvgIpc) is 2.34. The van der Waals surface area contributed by atoms with E-state index in [1.54, 1.807) is 29.6 Å². The molecule has 0 saturated carbocycles. The van der Waals surface area contributed by atoms with Crippen LogP contribution in [0, 0.1) is 5.92 Å². The van der Waals surface area contributed by atoms with Gasteiger partial charge >= 0.3 is 12.4 Å². The number of carbonyl (C=O) groups is 1. The Bertz CT molecular complexity index is 678. The number of benzene rings is 2. The van der Waals surface area contributed by atoms with Crippen molar-refractivity contribution in [2.24, 2.45) is 5.92 Å². The van der Waals surface area contributed by atoms with E-state index in [-0.39, 0.29) is 5.69 Å². The van der Waals surface area contributed by atoms with Crippen molar-refractivity contribution < 1.29 is 31.1 Å². The number of anilines is 1. The van der Waals surface area contributed by atoms with E-state index < -0.39 is 24.2 Å². The third-order valence-electron chi connectivity index (χ3n) is 2.93. The molecular formula is C14H9F6NO. The molecule has 0 aromatic heterocycles. The van der Waals surface area contributed by atoms with Crippen LogP contribution in [0.3, 0.4) is 0 Å². The molecule has 1 amide bonds. The highest BCUT2D eigenvalue weighted by Crippen LogP contribution is 2.40. The maximum absolute atomic E-state index is 12.4. The van der Waals surface area contributed by atoms with Gasteiger partial charge in [-0.1, -0.05) is 30.3 Å². The molecule has 0 radical (unpaired) electrons. The van der Waals surface area contributed by atoms with E-state index >= 15 is 0 Å². The number of halogens is 6. The van der Waals surface area contributed by atoms with Crippen molar-refractivity contribution in [3.05, 3.63) is 42.5 Å². The van der Waals surface area contributed by atoms with Crippen molar-refractivity contribution in [3.63, 3.8) is 0 Å². The number of fused-ring (bicyclic) bond motifs is 1. The van der Waals surface area contributed by atoms with E-state index in [0.29, 0.717) is 5.39 Å². The number of hydrogen-bond acceptors (Lipinski definition) is 1. The topological polar surface area (TPSA) is 29.1 Å². The second-order valence-corrected chi connectivity index (χ2v) is 4.57. The summed E-state index contributed by atoms with van der Waals surface area (Å²) in [6.07, 6.45) is -11.4. The van der Waals surface area contributed by atoms with Gasteiger partial charge in [-0.25, -0.2) is 0 Å². The van der Waals surface area contributed by atoms with Gasteiger partial charge in [0, 0.05) is 5.69 Å². The SMILES string of the molecule is O=C(Nc1ccc2ccccc2c1)C(C(F)(F)F)C(F)(F)F. The highest BCUT2D eigenvalue weighted by atomic mass is 19.4. The minimum Gasteiger partial charge on any atom is -0.325 e. The zero-order valence-corrected chi connectivity index (χ0v) is 10.8. The standard InChI is InChI=1S/C14H9F6NO/c15-13(16,17)11(14(18,19)20)12(22)21-10-6-5-8-3-1-2-4-9(8)7-10/h1-7,11H,(H,21,22). The number of amides is 1. The van der Waals surface area contributed by atoms with Gasteiger partial charge in [-0.05, 0) is 22.9 Å². The molecule has 0 spiro atoms. The van der Waals surface area contributed by atoms with Crippen molar-refractivity contribution in [1.29, 1.82) is 0 Å². The van der Waals surface area contributed by atoms with Gasteiger partial charge in [-0.2, -0.15) is 26.3 Å². The number of alkyl halides is 6. The fourth-order valence-corrected chi connectivity index (χ4v) is 1.96. The Morgan fingerprint density at radius 2 is 1.41 bits per heavy atom. The van der Waals surface area contributed by atoms with Crippen LogP contribution in [0.25, 0.3) is 10.8 Å². The highest BCUT2D eigenvalue weighted by molar-refractivity contribution is 5.96. The van der Waals surface area contributed by atoms with Crippen LogP contribution in [-0.4, -0.2) is 18.3 Å². The molecule has 2 rings (SSSR count). The Hall–Kier alpha value is -2.25. The van der Waals surface area contributed by atoms with E-state index in [9.17, 15) is 31.1 Å². The summed E-state index contributed by atoms with van der Waals surface area (Å²) in [5, 5.41) is 2.99. The Morgan fingerprint density at radius 1 is 0.864 bits per heavy atom. The van der Waals surface area contributed by atoms with E-state index in [0.717, 1.165) is 5.39 Å². The highest BCUT2D eigenvalue weighted by Gasteiger charge is 2.61. The van der Waals surface area contributed by atoms with Crippen LogP contribution in [0.4, 0.5) is 32.0 Å². The van der Waals surface area contributed by atoms with Crippen LogP contribution >= 0.6 is 0 Å². The summed E-state index contributed by atoms with van der Waals surface area (Å²) < 4.78 is 74.6. The first kappa shape index (κ1) is 16.1. The molecule has 0 heterocycles. The number of nitrogens with one attached hydrogen (secondary N) is 1. The van der Waals surface area contributed by atoms with Crippen molar-refractivity contribution in [1.82, 2.24) is 0 Å². The lowest BCUT2D eigenvalue weighted by molar-refractivity contribution is -0.272. The molecule has 2 aromatic carbocycles. The quantitative estimate of drug-likeness (QED) is 0.810. The third kappa shape index (κ3) is 3.49. The largest absolute Gasteiger partial charge is 0.409 e. The van der Waals surface area contributed by atoms with Crippen LogP contribution in [0.5, 0.6) is 0 Å². The van der Waals surface area contributed by atoms with E-state index in [1.165, 1.54) is 18.2 Å². The van der Waals surface area contributed by atoms with E-state index in [2.05, 4.69) is 0 Å². The van der Waals surface area contributed by atoms with Crippen molar-refractivity contribution >= 4 is 22.4 Å². The molecule has 118 valence electrons. The number of carbonyl (C=O) groups excluding carboxylic acids is 1. The third-order valence-corrected chi connectivity index (χ3v) is 2.93. The van der Waals surface area contributed by atoms with Gasteiger partial charge in [-0.15, -0.1) is 0 Å². The summed E-state index contributed by atoms with van der Waals surface area (Å²) in [5.41, 5.74) is -0.137. The van der Waals surface area contributed by atoms with Crippen LogP contribution in [0.15, 0.2) is 42.5 Å². The lowest BCUT2D eigenvalue weighted by Gasteiger charge is -2.22. The fraction of sp³-hybridized carbons (Fsp3) is 0.214. The molecule has 0 aliphatic rings. The van der Waals surface area contributed by atoms with Gasteiger partial charge in [-0.3, -0.25) is 4.79 Å².